The Bertz CT molecular complexity index is 900. The molecule has 0 bridgehead atoms. The average Bonchev–Trinajstić information content (AvgIpc) is 2.96. The lowest BCUT2D eigenvalue weighted by atomic mass is 10.0. The van der Waals surface area contributed by atoms with Gasteiger partial charge in [0.1, 0.15) is 0 Å². The molecule has 0 atom stereocenters. The third-order valence-corrected chi connectivity index (χ3v) is 4.22. The van der Waals surface area contributed by atoms with Gasteiger partial charge in [-0.15, -0.1) is 0 Å². The highest BCUT2D eigenvalue weighted by molar-refractivity contribution is 6.00. The molecule has 0 aliphatic carbocycles. The monoisotopic (exact) mass is 334 g/mol. The first-order valence-electron chi connectivity index (χ1n) is 8.05. The van der Waals surface area contributed by atoms with Crippen LogP contribution in [0.25, 0.3) is 11.3 Å². The van der Waals surface area contributed by atoms with E-state index in [1.807, 2.05) is 49.4 Å². The molecule has 5 heteroatoms. The maximum Gasteiger partial charge on any atom is 0.338 e. The van der Waals surface area contributed by atoms with E-state index in [0.717, 1.165) is 16.8 Å². The first-order valence-corrected chi connectivity index (χ1v) is 8.05. The van der Waals surface area contributed by atoms with E-state index in [-0.39, 0.29) is 11.3 Å². The van der Waals surface area contributed by atoms with Gasteiger partial charge >= 0.3 is 5.97 Å². The summed E-state index contributed by atoms with van der Waals surface area (Å²) in [5.41, 5.74) is 3.54. The second kappa shape index (κ2) is 7.13. The van der Waals surface area contributed by atoms with Crippen molar-refractivity contribution in [2.75, 3.05) is 0 Å². The summed E-state index contributed by atoms with van der Waals surface area (Å²) in [6, 6.07) is 13.3. The molecule has 2 heterocycles. The molecule has 2 aromatic heterocycles. The topological polar surface area (TPSA) is 72.2 Å². The minimum atomic E-state index is -1.08. The normalized spacial score (nSPS) is 10.6. The van der Waals surface area contributed by atoms with Crippen LogP contribution in [0.5, 0.6) is 0 Å². The lowest BCUT2D eigenvalue weighted by Crippen LogP contribution is -2.08. The first kappa shape index (κ1) is 16.6. The minimum Gasteiger partial charge on any atom is -0.478 e. The van der Waals surface area contributed by atoms with Crippen LogP contribution in [0.15, 0.2) is 54.9 Å². The summed E-state index contributed by atoms with van der Waals surface area (Å²) in [7, 11) is 0. The zero-order valence-corrected chi connectivity index (χ0v) is 13.8. The van der Waals surface area contributed by atoms with Gasteiger partial charge in [-0.1, -0.05) is 37.3 Å². The van der Waals surface area contributed by atoms with Crippen molar-refractivity contribution in [1.82, 2.24) is 9.55 Å². The summed E-state index contributed by atoms with van der Waals surface area (Å²) >= 11 is 0. The van der Waals surface area contributed by atoms with Gasteiger partial charge in [0.15, 0.2) is 6.29 Å². The van der Waals surface area contributed by atoms with Crippen LogP contribution in [-0.4, -0.2) is 26.9 Å². The molecule has 126 valence electrons. The number of benzene rings is 1. The van der Waals surface area contributed by atoms with Crippen molar-refractivity contribution in [3.63, 3.8) is 0 Å². The summed E-state index contributed by atoms with van der Waals surface area (Å²) in [6.45, 7) is 2.32. The summed E-state index contributed by atoms with van der Waals surface area (Å²) in [5, 5.41) is 9.67. The van der Waals surface area contributed by atoms with Crippen LogP contribution in [0, 0.1) is 0 Å². The number of carbonyl (C=O) groups is 2. The second-order valence-corrected chi connectivity index (χ2v) is 5.67. The number of carboxylic acids is 1. The smallest absolute Gasteiger partial charge is 0.338 e. The highest BCUT2D eigenvalue weighted by Crippen LogP contribution is 2.32. The molecule has 0 aliphatic rings. The Morgan fingerprint density at radius 1 is 1.16 bits per heavy atom. The predicted molar refractivity (Wildman–Crippen MR) is 94.9 cm³/mol. The predicted octanol–water partition coefficient (Wildman–Crippen LogP) is 3.67. The maximum atomic E-state index is 11.8. The Labute approximate surface area is 145 Å². The molecule has 25 heavy (non-hydrogen) atoms. The van der Waals surface area contributed by atoms with Crippen LogP contribution in [0.1, 0.15) is 38.9 Å². The van der Waals surface area contributed by atoms with Crippen LogP contribution in [0.4, 0.5) is 0 Å². The van der Waals surface area contributed by atoms with E-state index >= 15 is 0 Å². The first-order chi connectivity index (χ1) is 12.2. The van der Waals surface area contributed by atoms with E-state index < -0.39 is 5.97 Å². The van der Waals surface area contributed by atoms with Gasteiger partial charge in [0, 0.05) is 24.5 Å². The van der Waals surface area contributed by atoms with Crippen molar-refractivity contribution >= 4 is 12.3 Å². The Morgan fingerprint density at radius 3 is 2.40 bits per heavy atom. The van der Waals surface area contributed by atoms with Gasteiger partial charge in [0.05, 0.1) is 17.0 Å². The number of carboxylic acid groups (broad SMARTS) is 1. The molecule has 3 aromatic rings. The zero-order valence-electron chi connectivity index (χ0n) is 13.8. The van der Waals surface area contributed by atoms with Crippen LogP contribution in [0.2, 0.25) is 0 Å². The summed E-state index contributed by atoms with van der Waals surface area (Å²) < 4.78 is 1.79. The van der Waals surface area contributed by atoms with Gasteiger partial charge in [0.25, 0.3) is 0 Å². The number of rotatable bonds is 6. The molecular weight excluding hydrogens is 316 g/mol. The molecule has 3 rings (SSSR count). The highest BCUT2D eigenvalue weighted by atomic mass is 16.4. The number of hydrogen-bond acceptors (Lipinski definition) is 3. The van der Waals surface area contributed by atoms with Crippen molar-refractivity contribution in [3.05, 3.63) is 77.2 Å². The second-order valence-electron chi connectivity index (χ2n) is 5.67. The molecule has 0 aliphatic heterocycles. The van der Waals surface area contributed by atoms with Gasteiger partial charge in [-0.25, -0.2) is 4.79 Å². The van der Waals surface area contributed by atoms with E-state index in [9.17, 15) is 14.7 Å². The summed E-state index contributed by atoms with van der Waals surface area (Å²) in [6.07, 6.45) is 4.48. The molecule has 0 saturated carbocycles. The van der Waals surface area contributed by atoms with E-state index in [1.54, 1.807) is 17.0 Å². The SMILES string of the molecule is CCc1c(C(=O)O)c(C=O)n(Cc2ccccc2)c1-c1ccncc1. The van der Waals surface area contributed by atoms with E-state index in [4.69, 9.17) is 0 Å². The fourth-order valence-corrected chi connectivity index (χ4v) is 3.17. The molecule has 0 fully saturated rings. The van der Waals surface area contributed by atoms with E-state index in [1.165, 1.54) is 0 Å². The van der Waals surface area contributed by atoms with E-state index in [2.05, 4.69) is 4.98 Å². The molecule has 0 spiro atoms. The Hall–Kier alpha value is -3.21. The van der Waals surface area contributed by atoms with Gasteiger partial charge in [-0.05, 0) is 29.7 Å². The minimum absolute atomic E-state index is 0.0836. The van der Waals surface area contributed by atoms with Crippen molar-refractivity contribution in [2.24, 2.45) is 0 Å². The molecule has 5 nitrogen and oxygen atoms in total. The van der Waals surface area contributed by atoms with E-state index in [0.29, 0.717) is 24.8 Å². The Morgan fingerprint density at radius 2 is 1.84 bits per heavy atom. The fourth-order valence-electron chi connectivity index (χ4n) is 3.17. The Kier molecular flexibility index (Phi) is 4.75. The molecule has 0 amide bonds. The van der Waals surface area contributed by atoms with Crippen LogP contribution in [0.3, 0.4) is 0 Å². The maximum absolute atomic E-state index is 11.8. The highest BCUT2D eigenvalue weighted by Gasteiger charge is 2.26. The molecule has 0 unspecified atom stereocenters. The average molecular weight is 334 g/mol. The van der Waals surface area contributed by atoms with Crippen molar-refractivity contribution < 1.29 is 14.7 Å². The van der Waals surface area contributed by atoms with Gasteiger partial charge in [0.2, 0.25) is 0 Å². The van der Waals surface area contributed by atoms with Crippen molar-refractivity contribution in [2.45, 2.75) is 19.9 Å². The molecule has 0 radical (unpaired) electrons. The van der Waals surface area contributed by atoms with Crippen molar-refractivity contribution in [3.8, 4) is 11.3 Å². The number of aromatic carboxylic acids is 1. The molecular formula is C20H18N2O3. The van der Waals surface area contributed by atoms with Crippen LogP contribution in [-0.2, 0) is 13.0 Å². The lowest BCUT2D eigenvalue weighted by Gasteiger charge is -2.13. The van der Waals surface area contributed by atoms with Crippen molar-refractivity contribution in [1.29, 1.82) is 0 Å². The number of aldehydes is 1. The number of hydrogen-bond donors (Lipinski definition) is 1. The third kappa shape index (κ3) is 3.08. The number of carbonyl (C=O) groups excluding carboxylic acids is 1. The fraction of sp³-hybridized carbons (Fsp3) is 0.150. The number of nitrogens with zero attached hydrogens (tertiary/aromatic N) is 2. The summed E-state index contributed by atoms with van der Waals surface area (Å²) in [4.78, 5) is 27.6. The molecule has 1 N–H and O–H groups in total. The Balaban J connectivity index is 2.30. The largest absolute Gasteiger partial charge is 0.478 e. The number of pyridine rings is 1. The molecule has 0 saturated heterocycles. The standard InChI is InChI=1S/C20H18N2O3/c1-2-16-18(20(24)25)17(13-23)22(12-14-6-4-3-5-7-14)19(16)15-8-10-21-11-9-15/h3-11,13H,2,12H2,1H3,(H,24,25). The van der Waals surface area contributed by atoms with Gasteiger partial charge in [-0.3, -0.25) is 9.78 Å². The van der Waals surface area contributed by atoms with Crippen LogP contribution >= 0.6 is 0 Å². The summed E-state index contributed by atoms with van der Waals surface area (Å²) in [5.74, 6) is -1.08. The van der Waals surface area contributed by atoms with Gasteiger partial charge < -0.3 is 9.67 Å². The third-order valence-electron chi connectivity index (χ3n) is 4.22. The lowest BCUT2D eigenvalue weighted by molar-refractivity contribution is 0.0692. The quantitative estimate of drug-likeness (QED) is 0.698. The number of aromatic nitrogens is 2. The van der Waals surface area contributed by atoms with Gasteiger partial charge in [-0.2, -0.15) is 0 Å². The van der Waals surface area contributed by atoms with Crippen LogP contribution < -0.4 is 0 Å². The molecule has 1 aromatic carbocycles. The zero-order chi connectivity index (χ0) is 17.8.